The highest BCUT2D eigenvalue weighted by molar-refractivity contribution is 5.78. The molecule has 1 atom stereocenters. The molecule has 1 aromatic heterocycles. The monoisotopic (exact) mass is 363 g/mol. The number of carboxylic acid groups (broad SMARTS) is 1. The van der Waals surface area contributed by atoms with Gasteiger partial charge in [0.1, 0.15) is 6.54 Å². The molecule has 8 heteroatoms. The van der Waals surface area contributed by atoms with Crippen molar-refractivity contribution in [3.05, 3.63) is 18.0 Å². The summed E-state index contributed by atoms with van der Waals surface area (Å²) in [5, 5.41) is 13.2. The molecule has 3 heterocycles. The fraction of sp³-hybridized carbons (Fsp3) is 0.722. The summed E-state index contributed by atoms with van der Waals surface area (Å²) in [7, 11) is 2.13. The van der Waals surface area contributed by atoms with Gasteiger partial charge in [0.15, 0.2) is 0 Å². The third kappa shape index (κ3) is 4.82. The number of piperidine rings is 1. The number of aromatic nitrogens is 2. The van der Waals surface area contributed by atoms with Crippen LogP contribution in [-0.2, 0) is 16.1 Å². The van der Waals surface area contributed by atoms with Gasteiger partial charge in [0, 0.05) is 44.0 Å². The first-order valence-electron chi connectivity index (χ1n) is 9.45. The number of amides is 1. The van der Waals surface area contributed by atoms with Gasteiger partial charge in [-0.15, -0.1) is 0 Å². The number of rotatable bonds is 5. The molecule has 2 saturated heterocycles. The van der Waals surface area contributed by atoms with Crippen molar-refractivity contribution >= 4 is 11.9 Å². The molecule has 0 aromatic carbocycles. The lowest BCUT2D eigenvalue weighted by atomic mass is 9.94. The summed E-state index contributed by atoms with van der Waals surface area (Å²) in [6.45, 7) is 5.79. The maximum absolute atomic E-state index is 12.8. The van der Waals surface area contributed by atoms with Crippen LogP contribution in [-0.4, -0.2) is 94.3 Å². The summed E-state index contributed by atoms with van der Waals surface area (Å²) in [6.07, 6.45) is 4.65. The summed E-state index contributed by atoms with van der Waals surface area (Å²) in [5.74, 6) is -0.557. The topological polar surface area (TPSA) is 81.9 Å². The lowest BCUT2D eigenvalue weighted by Crippen LogP contribution is -2.45. The molecule has 0 aliphatic carbocycles. The Morgan fingerprint density at radius 3 is 2.81 bits per heavy atom. The normalized spacial score (nSPS) is 23.0. The zero-order valence-corrected chi connectivity index (χ0v) is 15.5. The van der Waals surface area contributed by atoms with Gasteiger partial charge in [-0.2, -0.15) is 5.10 Å². The van der Waals surface area contributed by atoms with Crippen molar-refractivity contribution in [3.63, 3.8) is 0 Å². The molecule has 2 fully saturated rings. The van der Waals surface area contributed by atoms with E-state index in [-0.39, 0.29) is 18.4 Å². The molecule has 2 aliphatic heterocycles. The van der Waals surface area contributed by atoms with Gasteiger partial charge in [-0.25, -0.2) is 0 Å². The van der Waals surface area contributed by atoms with E-state index < -0.39 is 5.97 Å². The Bertz CT molecular complexity index is 632. The fourth-order valence-corrected chi connectivity index (χ4v) is 3.94. The van der Waals surface area contributed by atoms with Crippen LogP contribution in [0, 0.1) is 0 Å². The predicted octanol–water partition coefficient (Wildman–Crippen LogP) is 0.311. The first kappa shape index (κ1) is 18.8. The second-order valence-electron chi connectivity index (χ2n) is 7.42. The molecule has 0 saturated carbocycles. The van der Waals surface area contributed by atoms with Crippen molar-refractivity contribution in [2.75, 3.05) is 52.9 Å². The van der Waals surface area contributed by atoms with Gasteiger partial charge >= 0.3 is 5.97 Å². The SMILES string of the molecule is CN1CCCN(CC(=O)N2CCC[C@H](c3ccnn3CC(=O)O)C2)CC1. The third-order valence-electron chi connectivity index (χ3n) is 5.40. The molecular weight excluding hydrogens is 334 g/mol. The summed E-state index contributed by atoms with van der Waals surface area (Å²) in [6, 6.07) is 1.88. The molecule has 2 aliphatic rings. The summed E-state index contributed by atoms with van der Waals surface area (Å²) < 4.78 is 1.55. The molecule has 1 aromatic rings. The highest BCUT2D eigenvalue weighted by Gasteiger charge is 2.28. The molecule has 144 valence electrons. The van der Waals surface area contributed by atoms with Crippen LogP contribution in [0.25, 0.3) is 0 Å². The van der Waals surface area contributed by atoms with E-state index in [1.54, 1.807) is 10.9 Å². The number of carbonyl (C=O) groups excluding carboxylic acids is 1. The minimum absolute atomic E-state index is 0.131. The average Bonchev–Trinajstić information content (AvgIpc) is 2.97. The van der Waals surface area contributed by atoms with Gasteiger partial charge in [0.05, 0.1) is 6.54 Å². The van der Waals surface area contributed by atoms with Crippen LogP contribution in [0.5, 0.6) is 0 Å². The Kier molecular flexibility index (Phi) is 6.26. The van der Waals surface area contributed by atoms with Gasteiger partial charge in [0.2, 0.25) is 5.91 Å². The lowest BCUT2D eigenvalue weighted by molar-refractivity contribution is -0.138. The predicted molar refractivity (Wildman–Crippen MR) is 97.0 cm³/mol. The number of hydrogen-bond acceptors (Lipinski definition) is 5. The van der Waals surface area contributed by atoms with Crippen LogP contribution in [0.2, 0.25) is 0 Å². The maximum atomic E-state index is 12.8. The molecule has 8 nitrogen and oxygen atoms in total. The van der Waals surface area contributed by atoms with Crippen LogP contribution in [0.4, 0.5) is 0 Å². The first-order valence-corrected chi connectivity index (χ1v) is 9.45. The van der Waals surface area contributed by atoms with E-state index in [0.717, 1.165) is 57.7 Å². The molecule has 3 rings (SSSR count). The van der Waals surface area contributed by atoms with Gasteiger partial charge in [-0.1, -0.05) is 0 Å². The summed E-state index contributed by atoms with van der Waals surface area (Å²) >= 11 is 0. The molecule has 0 bridgehead atoms. The Hall–Kier alpha value is -1.93. The number of aliphatic carboxylic acids is 1. The average molecular weight is 363 g/mol. The van der Waals surface area contributed by atoms with Crippen LogP contribution >= 0.6 is 0 Å². The molecule has 0 unspecified atom stereocenters. The fourth-order valence-electron chi connectivity index (χ4n) is 3.94. The number of likely N-dealkylation sites (tertiary alicyclic amines) is 1. The number of nitrogens with zero attached hydrogens (tertiary/aromatic N) is 5. The summed E-state index contributed by atoms with van der Waals surface area (Å²) in [4.78, 5) is 30.3. The highest BCUT2D eigenvalue weighted by atomic mass is 16.4. The van der Waals surface area contributed by atoms with Crippen LogP contribution in [0.1, 0.15) is 30.9 Å². The van der Waals surface area contributed by atoms with Crippen molar-refractivity contribution in [3.8, 4) is 0 Å². The van der Waals surface area contributed by atoms with E-state index in [4.69, 9.17) is 5.11 Å². The largest absolute Gasteiger partial charge is 0.480 e. The zero-order chi connectivity index (χ0) is 18.5. The first-order chi connectivity index (χ1) is 12.5. The van der Waals surface area contributed by atoms with E-state index in [0.29, 0.717) is 13.1 Å². The van der Waals surface area contributed by atoms with E-state index in [9.17, 15) is 9.59 Å². The second-order valence-corrected chi connectivity index (χ2v) is 7.42. The summed E-state index contributed by atoms with van der Waals surface area (Å²) in [5.41, 5.74) is 0.918. The lowest BCUT2D eigenvalue weighted by Gasteiger charge is -2.34. The highest BCUT2D eigenvalue weighted by Crippen LogP contribution is 2.27. The smallest absolute Gasteiger partial charge is 0.325 e. The van der Waals surface area contributed by atoms with Crippen molar-refractivity contribution in [1.82, 2.24) is 24.5 Å². The number of hydrogen-bond donors (Lipinski definition) is 1. The van der Waals surface area contributed by atoms with Crippen LogP contribution < -0.4 is 0 Å². The van der Waals surface area contributed by atoms with Crippen molar-refractivity contribution in [1.29, 1.82) is 0 Å². The van der Waals surface area contributed by atoms with E-state index in [1.165, 1.54) is 0 Å². The Balaban J connectivity index is 1.58. The van der Waals surface area contributed by atoms with Crippen molar-refractivity contribution in [2.24, 2.45) is 0 Å². The second kappa shape index (κ2) is 8.64. The molecule has 26 heavy (non-hydrogen) atoms. The number of likely N-dealkylation sites (N-methyl/N-ethyl adjacent to an activating group) is 1. The van der Waals surface area contributed by atoms with Gasteiger partial charge < -0.3 is 14.9 Å². The Morgan fingerprint density at radius 1 is 1.15 bits per heavy atom. The van der Waals surface area contributed by atoms with Gasteiger partial charge in [-0.05, 0) is 45.5 Å². The third-order valence-corrected chi connectivity index (χ3v) is 5.40. The molecule has 1 N–H and O–H groups in total. The van der Waals surface area contributed by atoms with Crippen LogP contribution in [0.15, 0.2) is 12.3 Å². The molecule has 0 radical (unpaired) electrons. The number of carbonyl (C=O) groups is 2. The molecule has 0 spiro atoms. The Morgan fingerprint density at radius 2 is 2.00 bits per heavy atom. The minimum Gasteiger partial charge on any atom is -0.480 e. The zero-order valence-electron chi connectivity index (χ0n) is 15.5. The number of carboxylic acids is 1. The Labute approximate surface area is 154 Å². The van der Waals surface area contributed by atoms with Gasteiger partial charge in [-0.3, -0.25) is 19.2 Å². The quantitative estimate of drug-likeness (QED) is 0.811. The van der Waals surface area contributed by atoms with Crippen LogP contribution in [0.3, 0.4) is 0 Å². The standard InChI is InChI=1S/C18H29N5O3/c1-20-7-3-8-21(11-10-20)13-17(24)22-9-2-4-15(12-22)16-5-6-19-23(16)14-18(25)26/h5-6,15H,2-4,7-14H2,1H3,(H,25,26)/t15-/m0/s1. The molecular formula is C18H29N5O3. The van der Waals surface area contributed by atoms with E-state index >= 15 is 0 Å². The van der Waals surface area contributed by atoms with E-state index in [1.807, 2.05) is 11.0 Å². The maximum Gasteiger partial charge on any atom is 0.325 e. The van der Waals surface area contributed by atoms with Gasteiger partial charge in [0.25, 0.3) is 0 Å². The van der Waals surface area contributed by atoms with E-state index in [2.05, 4.69) is 21.9 Å². The van der Waals surface area contributed by atoms with Crippen molar-refractivity contribution in [2.45, 2.75) is 31.7 Å². The van der Waals surface area contributed by atoms with Crippen molar-refractivity contribution < 1.29 is 14.7 Å². The molecule has 1 amide bonds. The minimum atomic E-state index is -0.898.